The van der Waals surface area contributed by atoms with Gasteiger partial charge in [-0.2, -0.15) is 0 Å². The molecule has 0 heterocycles. The van der Waals surface area contributed by atoms with Crippen LogP contribution in [-0.4, -0.2) is 17.1 Å². The molecule has 3 rings (SSSR count). The van der Waals surface area contributed by atoms with E-state index in [-0.39, 0.29) is 11.7 Å². The quantitative estimate of drug-likeness (QED) is 0.835. The van der Waals surface area contributed by atoms with Gasteiger partial charge in [-0.05, 0) is 55.2 Å². The first kappa shape index (κ1) is 11.6. The SMILES string of the molecule is O=C(Cc1cccc(O)c1)NC(C1CC1)C1CC1. The predicted molar refractivity (Wildman–Crippen MR) is 69.2 cm³/mol. The number of phenols is 1. The average molecular weight is 245 g/mol. The summed E-state index contributed by atoms with van der Waals surface area (Å²) in [4.78, 5) is 12.0. The number of hydrogen-bond donors (Lipinski definition) is 2. The molecule has 18 heavy (non-hydrogen) atoms. The Labute approximate surface area is 107 Å². The number of phenolic OH excluding ortho intramolecular Hbond substituents is 1. The predicted octanol–water partition coefficient (Wildman–Crippen LogP) is 2.24. The molecule has 1 amide bonds. The van der Waals surface area contributed by atoms with Gasteiger partial charge in [0.15, 0.2) is 0 Å². The second-order valence-corrected chi connectivity index (χ2v) is 5.61. The third-order valence-electron chi connectivity index (χ3n) is 3.86. The minimum atomic E-state index is 0.0874. The van der Waals surface area contributed by atoms with Gasteiger partial charge in [-0.1, -0.05) is 12.1 Å². The number of carbonyl (C=O) groups is 1. The molecule has 2 saturated carbocycles. The van der Waals surface area contributed by atoms with Crippen molar-refractivity contribution in [1.82, 2.24) is 5.32 Å². The highest BCUT2D eigenvalue weighted by molar-refractivity contribution is 5.79. The van der Waals surface area contributed by atoms with Gasteiger partial charge in [0.05, 0.1) is 6.42 Å². The maximum Gasteiger partial charge on any atom is 0.224 e. The molecular formula is C15H19NO2. The molecule has 0 saturated heterocycles. The van der Waals surface area contributed by atoms with Gasteiger partial charge in [-0.15, -0.1) is 0 Å². The van der Waals surface area contributed by atoms with Crippen molar-refractivity contribution in [1.29, 1.82) is 0 Å². The molecule has 0 aromatic heterocycles. The van der Waals surface area contributed by atoms with E-state index in [2.05, 4.69) is 5.32 Å². The van der Waals surface area contributed by atoms with Crippen molar-refractivity contribution in [3.8, 4) is 5.75 Å². The molecule has 2 N–H and O–H groups in total. The third-order valence-corrected chi connectivity index (χ3v) is 3.86. The molecule has 0 atom stereocenters. The highest BCUT2D eigenvalue weighted by atomic mass is 16.3. The Kier molecular flexibility index (Phi) is 2.98. The van der Waals surface area contributed by atoms with E-state index >= 15 is 0 Å². The maximum atomic E-state index is 12.0. The van der Waals surface area contributed by atoms with Crippen LogP contribution in [0.2, 0.25) is 0 Å². The van der Waals surface area contributed by atoms with Crippen LogP contribution in [0.3, 0.4) is 0 Å². The van der Waals surface area contributed by atoms with Crippen molar-refractivity contribution in [2.45, 2.75) is 38.1 Å². The van der Waals surface area contributed by atoms with Crippen molar-refractivity contribution in [3.05, 3.63) is 29.8 Å². The van der Waals surface area contributed by atoms with Gasteiger partial charge in [-0.25, -0.2) is 0 Å². The molecule has 2 aliphatic rings. The first-order valence-corrected chi connectivity index (χ1v) is 6.79. The lowest BCUT2D eigenvalue weighted by Crippen LogP contribution is -2.38. The van der Waals surface area contributed by atoms with Crippen LogP contribution < -0.4 is 5.32 Å². The van der Waals surface area contributed by atoms with E-state index in [0.29, 0.717) is 12.5 Å². The molecular weight excluding hydrogens is 226 g/mol. The first-order valence-electron chi connectivity index (χ1n) is 6.79. The summed E-state index contributed by atoms with van der Waals surface area (Å²) in [5, 5.41) is 12.6. The van der Waals surface area contributed by atoms with Crippen LogP contribution in [0.25, 0.3) is 0 Å². The minimum absolute atomic E-state index is 0.0874. The molecule has 1 aromatic rings. The fourth-order valence-electron chi connectivity index (χ4n) is 2.62. The zero-order chi connectivity index (χ0) is 12.5. The van der Waals surface area contributed by atoms with Crippen molar-refractivity contribution >= 4 is 5.91 Å². The van der Waals surface area contributed by atoms with Crippen molar-refractivity contribution in [2.75, 3.05) is 0 Å². The second-order valence-electron chi connectivity index (χ2n) is 5.61. The number of nitrogens with one attached hydrogen (secondary N) is 1. The number of aromatic hydroxyl groups is 1. The Balaban J connectivity index is 1.57. The molecule has 96 valence electrons. The number of carbonyl (C=O) groups excluding carboxylic acids is 1. The zero-order valence-corrected chi connectivity index (χ0v) is 10.4. The summed E-state index contributed by atoms with van der Waals surface area (Å²) in [7, 11) is 0. The highest BCUT2D eigenvalue weighted by Gasteiger charge is 2.42. The molecule has 0 aliphatic heterocycles. The Morgan fingerprint density at radius 1 is 1.28 bits per heavy atom. The Morgan fingerprint density at radius 2 is 1.94 bits per heavy atom. The van der Waals surface area contributed by atoms with E-state index in [1.54, 1.807) is 18.2 Å². The van der Waals surface area contributed by atoms with Gasteiger partial charge in [0.25, 0.3) is 0 Å². The van der Waals surface area contributed by atoms with Gasteiger partial charge in [0, 0.05) is 6.04 Å². The lowest BCUT2D eigenvalue weighted by Gasteiger charge is -2.17. The number of rotatable bonds is 5. The Morgan fingerprint density at radius 3 is 2.50 bits per heavy atom. The summed E-state index contributed by atoms with van der Waals surface area (Å²) in [6.07, 6.45) is 5.45. The lowest BCUT2D eigenvalue weighted by atomic mass is 10.1. The van der Waals surface area contributed by atoms with E-state index in [1.165, 1.54) is 25.7 Å². The van der Waals surface area contributed by atoms with E-state index in [0.717, 1.165) is 17.4 Å². The van der Waals surface area contributed by atoms with E-state index < -0.39 is 0 Å². The lowest BCUT2D eigenvalue weighted by molar-refractivity contribution is -0.121. The molecule has 3 heteroatoms. The highest BCUT2D eigenvalue weighted by Crippen LogP contribution is 2.44. The van der Waals surface area contributed by atoms with Crippen molar-refractivity contribution in [2.24, 2.45) is 11.8 Å². The number of benzene rings is 1. The monoisotopic (exact) mass is 245 g/mol. The first-order chi connectivity index (χ1) is 8.72. The smallest absolute Gasteiger partial charge is 0.224 e. The Bertz CT molecular complexity index is 438. The largest absolute Gasteiger partial charge is 0.508 e. The summed E-state index contributed by atoms with van der Waals surface area (Å²) in [5.41, 5.74) is 0.873. The normalized spacial score (nSPS) is 18.9. The molecule has 1 aromatic carbocycles. The van der Waals surface area contributed by atoms with Crippen LogP contribution in [0, 0.1) is 11.8 Å². The minimum Gasteiger partial charge on any atom is -0.508 e. The molecule has 2 aliphatic carbocycles. The maximum absolute atomic E-state index is 12.0. The topological polar surface area (TPSA) is 49.3 Å². The molecule has 0 unspecified atom stereocenters. The zero-order valence-electron chi connectivity index (χ0n) is 10.4. The molecule has 0 radical (unpaired) electrons. The van der Waals surface area contributed by atoms with Gasteiger partial charge >= 0.3 is 0 Å². The van der Waals surface area contributed by atoms with Crippen LogP contribution in [0.4, 0.5) is 0 Å². The van der Waals surface area contributed by atoms with Gasteiger partial charge in [-0.3, -0.25) is 4.79 Å². The summed E-state index contributed by atoms with van der Waals surface area (Å²) in [6, 6.07) is 7.34. The summed E-state index contributed by atoms with van der Waals surface area (Å²) >= 11 is 0. The summed E-state index contributed by atoms with van der Waals surface area (Å²) in [6.45, 7) is 0. The van der Waals surface area contributed by atoms with Crippen molar-refractivity contribution < 1.29 is 9.90 Å². The van der Waals surface area contributed by atoms with E-state index in [1.807, 2.05) is 6.07 Å². The van der Waals surface area contributed by atoms with Crippen LogP contribution in [0.1, 0.15) is 31.2 Å². The van der Waals surface area contributed by atoms with Gasteiger partial charge in [0.1, 0.15) is 5.75 Å². The van der Waals surface area contributed by atoms with Gasteiger partial charge < -0.3 is 10.4 Å². The molecule has 0 bridgehead atoms. The molecule has 2 fully saturated rings. The van der Waals surface area contributed by atoms with Crippen LogP contribution in [0.15, 0.2) is 24.3 Å². The number of amides is 1. The second kappa shape index (κ2) is 4.63. The van der Waals surface area contributed by atoms with E-state index in [9.17, 15) is 9.90 Å². The van der Waals surface area contributed by atoms with Crippen LogP contribution in [-0.2, 0) is 11.2 Å². The third kappa shape index (κ3) is 2.84. The van der Waals surface area contributed by atoms with E-state index in [4.69, 9.17) is 0 Å². The fourth-order valence-corrected chi connectivity index (χ4v) is 2.62. The number of hydrogen-bond acceptors (Lipinski definition) is 2. The van der Waals surface area contributed by atoms with Crippen molar-refractivity contribution in [3.63, 3.8) is 0 Å². The molecule has 0 spiro atoms. The summed E-state index contributed by atoms with van der Waals surface area (Å²) in [5.74, 6) is 1.77. The van der Waals surface area contributed by atoms with Gasteiger partial charge in [0.2, 0.25) is 5.91 Å². The fraction of sp³-hybridized carbons (Fsp3) is 0.533. The standard InChI is InChI=1S/C15H19NO2/c17-13-3-1-2-10(8-13)9-14(18)16-15(11-4-5-11)12-6-7-12/h1-3,8,11-12,15,17H,4-7,9H2,(H,16,18). The summed E-state index contributed by atoms with van der Waals surface area (Å²) < 4.78 is 0. The average Bonchev–Trinajstić information content (AvgIpc) is 3.18. The Hall–Kier alpha value is -1.51. The van der Waals surface area contributed by atoms with Crippen LogP contribution >= 0.6 is 0 Å². The molecule has 3 nitrogen and oxygen atoms in total. The van der Waals surface area contributed by atoms with Crippen LogP contribution in [0.5, 0.6) is 5.75 Å².